The number of hydrogen-bond acceptors (Lipinski definition) is 6. The van der Waals surface area contributed by atoms with Crippen LogP contribution in [0.4, 0.5) is 0 Å². The van der Waals surface area contributed by atoms with E-state index in [9.17, 15) is 14.4 Å². The fourth-order valence-corrected chi connectivity index (χ4v) is 3.21. The third-order valence-corrected chi connectivity index (χ3v) is 5.09. The van der Waals surface area contributed by atoms with Crippen LogP contribution in [0.2, 0.25) is 0 Å². The van der Waals surface area contributed by atoms with E-state index in [-0.39, 0.29) is 23.5 Å². The molecule has 3 aromatic rings. The summed E-state index contributed by atoms with van der Waals surface area (Å²) in [7, 11) is 0. The molecule has 1 unspecified atom stereocenters. The van der Waals surface area contributed by atoms with Gasteiger partial charge in [-0.15, -0.1) is 0 Å². The smallest absolute Gasteiger partial charge is 0.257 e. The molecule has 0 aliphatic heterocycles. The highest BCUT2D eigenvalue weighted by molar-refractivity contribution is 5.98. The maximum absolute atomic E-state index is 12.5. The van der Waals surface area contributed by atoms with E-state index in [4.69, 9.17) is 4.52 Å². The number of nitrogens with one attached hydrogen (secondary N) is 3. The molecular weight excluding hydrogens is 386 g/mol. The first-order valence-corrected chi connectivity index (χ1v) is 9.95. The molecule has 4 rings (SSSR count). The van der Waals surface area contributed by atoms with Crippen molar-refractivity contribution >= 4 is 22.7 Å². The molecule has 1 aromatic carbocycles. The van der Waals surface area contributed by atoms with E-state index in [2.05, 4.69) is 25.8 Å². The molecule has 2 aromatic heterocycles. The molecule has 9 heteroatoms. The number of carbonyl (C=O) groups is 2. The van der Waals surface area contributed by atoms with Crippen LogP contribution >= 0.6 is 0 Å². The molecule has 2 heterocycles. The standard InChI is InChI=1S/C21H23N5O4/c1-11(2)17(21-25-19(26-30-21)12-7-8-12)24-16(27)10-23-20(29)14-9-22-15-6-4-3-5-13(15)18(14)28/h3-6,9,11-12,17H,7-8,10H2,1-2H3,(H,22,28)(H,23,29)(H,24,27). The van der Waals surface area contributed by atoms with E-state index in [1.165, 1.54) is 6.20 Å². The molecule has 1 aliphatic carbocycles. The Hall–Kier alpha value is -3.49. The van der Waals surface area contributed by atoms with Crippen LogP contribution in [0, 0.1) is 5.92 Å². The molecule has 9 nitrogen and oxygen atoms in total. The summed E-state index contributed by atoms with van der Waals surface area (Å²) in [5.74, 6) is 0.370. The fraction of sp³-hybridized carbons (Fsp3) is 0.381. The number of para-hydroxylation sites is 1. The largest absolute Gasteiger partial charge is 0.360 e. The van der Waals surface area contributed by atoms with Gasteiger partial charge in [0.2, 0.25) is 17.2 Å². The Morgan fingerprint density at radius 1 is 1.27 bits per heavy atom. The average Bonchev–Trinajstić information content (AvgIpc) is 3.48. The Morgan fingerprint density at radius 2 is 2.03 bits per heavy atom. The lowest BCUT2D eigenvalue weighted by molar-refractivity contribution is -0.121. The van der Waals surface area contributed by atoms with Gasteiger partial charge in [-0.25, -0.2) is 0 Å². The van der Waals surface area contributed by atoms with Crippen LogP contribution in [0.25, 0.3) is 10.9 Å². The summed E-state index contributed by atoms with van der Waals surface area (Å²) in [5.41, 5.74) is 0.204. The molecule has 1 aliphatic rings. The molecule has 0 spiro atoms. The molecule has 1 fully saturated rings. The number of H-pyrrole nitrogens is 1. The molecule has 156 valence electrons. The van der Waals surface area contributed by atoms with Crippen molar-refractivity contribution in [3.05, 3.63) is 58.0 Å². The van der Waals surface area contributed by atoms with E-state index < -0.39 is 17.9 Å². The van der Waals surface area contributed by atoms with Gasteiger partial charge in [0, 0.05) is 23.0 Å². The van der Waals surface area contributed by atoms with Gasteiger partial charge < -0.3 is 20.1 Å². The van der Waals surface area contributed by atoms with Gasteiger partial charge >= 0.3 is 0 Å². The first-order chi connectivity index (χ1) is 14.4. The molecule has 0 radical (unpaired) electrons. The van der Waals surface area contributed by atoms with Crippen LogP contribution in [0.3, 0.4) is 0 Å². The van der Waals surface area contributed by atoms with Crippen molar-refractivity contribution in [2.45, 2.75) is 38.6 Å². The van der Waals surface area contributed by atoms with Crippen molar-refractivity contribution in [1.29, 1.82) is 0 Å². The first kappa shape index (κ1) is 19.8. The molecule has 3 N–H and O–H groups in total. The van der Waals surface area contributed by atoms with E-state index in [0.717, 1.165) is 12.8 Å². The molecule has 0 bridgehead atoms. The van der Waals surface area contributed by atoms with Crippen molar-refractivity contribution in [2.75, 3.05) is 6.54 Å². The highest BCUT2D eigenvalue weighted by Crippen LogP contribution is 2.38. The second kappa shape index (κ2) is 8.10. The third kappa shape index (κ3) is 4.10. The number of aromatic nitrogens is 3. The zero-order chi connectivity index (χ0) is 21.3. The minimum absolute atomic E-state index is 0.0143. The lowest BCUT2D eigenvalue weighted by Gasteiger charge is -2.18. The van der Waals surface area contributed by atoms with Gasteiger partial charge in [-0.05, 0) is 30.9 Å². The van der Waals surface area contributed by atoms with Gasteiger partial charge in [0.05, 0.1) is 6.54 Å². The first-order valence-electron chi connectivity index (χ1n) is 9.95. The number of pyridine rings is 1. The fourth-order valence-electron chi connectivity index (χ4n) is 3.21. The minimum Gasteiger partial charge on any atom is -0.360 e. The summed E-state index contributed by atoms with van der Waals surface area (Å²) in [6, 6.07) is 6.46. The average molecular weight is 409 g/mol. The summed E-state index contributed by atoms with van der Waals surface area (Å²) in [6.45, 7) is 3.58. The molecule has 1 saturated carbocycles. The monoisotopic (exact) mass is 409 g/mol. The molecule has 2 amide bonds. The number of rotatable bonds is 7. The Kier molecular flexibility index (Phi) is 5.35. The summed E-state index contributed by atoms with van der Waals surface area (Å²) >= 11 is 0. The Labute approximate surface area is 172 Å². The van der Waals surface area contributed by atoms with E-state index in [1.54, 1.807) is 24.3 Å². The summed E-state index contributed by atoms with van der Waals surface area (Å²) < 4.78 is 5.33. The molecule has 1 atom stereocenters. The predicted octanol–water partition coefficient (Wildman–Crippen LogP) is 2.03. The van der Waals surface area contributed by atoms with Gasteiger partial charge in [-0.1, -0.05) is 31.1 Å². The Bertz CT molecular complexity index is 1150. The maximum Gasteiger partial charge on any atom is 0.257 e. The van der Waals surface area contributed by atoms with Crippen molar-refractivity contribution in [3.63, 3.8) is 0 Å². The normalized spacial score (nSPS) is 14.6. The quantitative estimate of drug-likeness (QED) is 0.547. The number of carbonyl (C=O) groups excluding carboxylic acids is 2. The van der Waals surface area contributed by atoms with Gasteiger partial charge in [0.1, 0.15) is 11.6 Å². The Morgan fingerprint density at radius 3 is 2.77 bits per heavy atom. The van der Waals surface area contributed by atoms with Crippen LogP contribution in [0.1, 0.15) is 60.7 Å². The van der Waals surface area contributed by atoms with Crippen LogP contribution in [0.5, 0.6) is 0 Å². The number of amides is 2. The van der Waals surface area contributed by atoms with Gasteiger partial charge in [-0.2, -0.15) is 4.98 Å². The molecular formula is C21H23N5O4. The number of benzene rings is 1. The summed E-state index contributed by atoms with van der Waals surface area (Å²) in [6.07, 6.45) is 3.46. The summed E-state index contributed by atoms with van der Waals surface area (Å²) in [4.78, 5) is 44.7. The highest BCUT2D eigenvalue weighted by Gasteiger charge is 2.31. The second-order valence-corrected chi connectivity index (χ2v) is 7.81. The topological polar surface area (TPSA) is 130 Å². The van der Waals surface area contributed by atoms with Crippen molar-refractivity contribution in [1.82, 2.24) is 25.8 Å². The SMILES string of the molecule is CC(C)C(NC(=O)CNC(=O)c1c[nH]c2ccccc2c1=O)c1nc(C2CC2)no1. The van der Waals surface area contributed by atoms with E-state index in [1.807, 2.05) is 13.8 Å². The zero-order valence-corrected chi connectivity index (χ0v) is 16.8. The number of nitrogens with zero attached hydrogens (tertiary/aromatic N) is 2. The molecule has 0 saturated heterocycles. The summed E-state index contributed by atoms with van der Waals surface area (Å²) in [5, 5.41) is 9.72. The van der Waals surface area contributed by atoms with Crippen molar-refractivity contribution in [2.24, 2.45) is 5.92 Å². The van der Waals surface area contributed by atoms with Crippen LogP contribution in [-0.4, -0.2) is 33.5 Å². The maximum atomic E-state index is 12.5. The van der Waals surface area contributed by atoms with Crippen molar-refractivity contribution in [3.8, 4) is 0 Å². The van der Waals surface area contributed by atoms with E-state index >= 15 is 0 Å². The minimum atomic E-state index is -0.618. The zero-order valence-electron chi connectivity index (χ0n) is 16.8. The van der Waals surface area contributed by atoms with Gasteiger partial charge in [-0.3, -0.25) is 14.4 Å². The van der Waals surface area contributed by atoms with Crippen LogP contribution in [0.15, 0.2) is 39.8 Å². The third-order valence-electron chi connectivity index (χ3n) is 5.09. The highest BCUT2D eigenvalue weighted by atomic mass is 16.5. The second-order valence-electron chi connectivity index (χ2n) is 7.81. The van der Waals surface area contributed by atoms with Gasteiger partial charge in [0.25, 0.3) is 5.91 Å². The number of hydrogen-bond donors (Lipinski definition) is 3. The lowest BCUT2D eigenvalue weighted by Crippen LogP contribution is -2.41. The lowest BCUT2D eigenvalue weighted by atomic mass is 10.0. The predicted molar refractivity (Wildman–Crippen MR) is 109 cm³/mol. The molecule has 30 heavy (non-hydrogen) atoms. The number of fused-ring (bicyclic) bond motifs is 1. The van der Waals surface area contributed by atoms with Gasteiger partial charge in [0.15, 0.2) is 5.82 Å². The Balaban J connectivity index is 1.40. The van der Waals surface area contributed by atoms with Crippen LogP contribution < -0.4 is 16.1 Å². The van der Waals surface area contributed by atoms with Crippen molar-refractivity contribution < 1.29 is 14.1 Å². The number of aromatic amines is 1. The van der Waals surface area contributed by atoms with Crippen LogP contribution in [-0.2, 0) is 4.79 Å². The van der Waals surface area contributed by atoms with E-state index in [0.29, 0.717) is 28.5 Å².